The molecule has 1 rings (SSSR count). The van der Waals surface area contributed by atoms with Crippen LogP contribution in [0.3, 0.4) is 0 Å². The van der Waals surface area contributed by atoms with Crippen LogP contribution in [0.5, 0.6) is 6.01 Å². The minimum absolute atomic E-state index is 0.273. The summed E-state index contributed by atoms with van der Waals surface area (Å²) in [5.74, 6) is 0.803. The summed E-state index contributed by atoms with van der Waals surface area (Å²) < 4.78 is 5.37. The molecule has 0 aliphatic rings. The van der Waals surface area contributed by atoms with Gasteiger partial charge in [-0.15, -0.1) is 0 Å². The molecule has 0 unspecified atom stereocenters. The lowest BCUT2D eigenvalue weighted by Gasteiger charge is -2.17. The lowest BCUT2D eigenvalue weighted by molar-refractivity contribution is 0.0943. The van der Waals surface area contributed by atoms with Gasteiger partial charge in [-0.3, -0.25) is 0 Å². The highest BCUT2D eigenvalue weighted by atomic mass is 16.5. The van der Waals surface area contributed by atoms with Crippen molar-refractivity contribution in [2.45, 2.75) is 32.8 Å². The fraction of sp³-hybridized carbons (Fsp3) is 0.727. The second kappa shape index (κ2) is 6.34. The summed E-state index contributed by atoms with van der Waals surface area (Å²) in [7, 11) is 1.72. The van der Waals surface area contributed by atoms with E-state index in [2.05, 4.69) is 25.6 Å². The Morgan fingerprint density at radius 1 is 1.22 bits per heavy atom. The average Bonchev–Trinajstić information content (AvgIpc) is 2.32. The van der Waals surface area contributed by atoms with Crippen LogP contribution in [0, 0.1) is 0 Å². The van der Waals surface area contributed by atoms with Crippen LogP contribution in [-0.4, -0.2) is 45.9 Å². The first-order valence-corrected chi connectivity index (χ1v) is 5.97. The number of anilines is 2. The highest BCUT2D eigenvalue weighted by Crippen LogP contribution is 2.12. The fourth-order valence-electron chi connectivity index (χ4n) is 1.10. The topological polar surface area (TPSA) is 92.2 Å². The maximum atomic E-state index is 9.64. The zero-order valence-corrected chi connectivity index (χ0v) is 11.3. The lowest BCUT2D eigenvalue weighted by Crippen LogP contribution is -2.30. The molecule has 7 nitrogen and oxygen atoms in total. The van der Waals surface area contributed by atoms with E-state index in [1.54, 1.807) is 20.9 Å². The van der Waals surface area contributed by atoms with E-state index in [-0.39, 0.29) is 6.01 Å². The highest BCUT2D eigenvalue weighted by molar-refractivity contribution is 5.35. The molecular weight excluding hydrogens is 234 g/mol. The average molecular weight is 255 g/mol. The van der Waals surface area contributed by atoms with Crippen LogP contribution in [0.4, 0.5) is 11.9 Å². The molecule has 7 heteroatoms. The minimum atomic E-state index is -0.836. The van der Waals surface area contributed by atoms with Gasteiger partial charge in [0.1, 0.15) is 0 Å². The fourth-order valence-corrected chi connectivity index (χ4v) is 1.10. The van der Waals surface area contributed by atoms with E-state index in [4.69, 9.17) is 4.74 Å². The molecule has 1 heterocycles. The van der Waals surface area contributed by atoms with Gasteiger partial charge in [0.2, 0.25) is 11.9 Å². The van der Waals surface area contributed by atoms with E-state index in [1.165, 1.54) is 0 Å². The molecule has 0 radical (unpaired) electrons. The Balaban J connectivity index is 2.76. The van der Waals surface area contributed by atoms with Crippen LogP contribution in [0.2, 0.25) is 0 Å². The van der Waals surface area contributed by atoms with E-state index in [0.717, 1.165) is 6.42 Å². The normalized spacial score (nSPS) is 11.2. The summed E-state index contributed by atoms with van der Waals surface area (Å²) in [6.07, 6.45) is 0.882. The Bertz CT molecular complexity index is 378. The molecule has 1 aromatic rings. The van der Waals surface area contributed by atoms with Crippen molar-refractivity contribution in [2.24, 2.45) is 0 Å². The smallest absolute Gasteiger partial charge is 0.323 e. The number of nitrogens with one attached hydrogen (secondary N) is 2. The highest BCUT2D eigenvalue weighted by Gasteiger charge is 2.14. The zero-order chi connectivity index (χ0) is 13.6. The van der Waals surface area contributed by atoms with Crippen molar-refractivity contribution >= 4 is 11.9 Å². The van der Waals surface area contributed by atoms with E-state index < -0.39 is 5.60 Å². The Labute approximate surface area is 107 Å². The molecule has 0 fully saturated rings. The van der Waals surface area contributed by atoms with Crippen LogP contribution in [0.25, 0.3) is 0 Å². The predicted octanol–water partition coefficient (Wildman–Crippen LogP) is 0.885. The van der Waals surface area contributed by atoms with E-state index in [0.29, 0.717) is 25.0 Å². The SMILES string of the molecule is CCCOc1nc(NC)nc(NCC(C)(C)O)n1. The van der Waals surface area contributed by atoms with Gasteiger partial charge in [-0.05, 0) is 20.3 Å². The van der Waals surface area contributed by atoms with Crippen LogP contribution in [0.1, 0.15) is 27.2 Å². The van der Waals surface area contributed by atoms with Crippen molar-refractivity contribution in [3.05, 3.63) is 0 Å². The Morgan fingerprint density at radius 2 is 1.89 bits per heavy atom. The number of ether oxygens (including phenoxy) is 1. The molecule has 102 valence electrons. The lowest BCUT2D eigenvalue weighted by atomic mass is 10.1. The van der Waals surface area contributed by atoms with Crippen molar-refractivity contribution in [1.82, 2.24) is 15.0 Å². The molecule has 0 amide bonds. The molecule has 3 N–H and O–H groups in total. The first-order chi connectivity index (χ1) is 8.44. The second-order valence-electron chi connectivity index (χ2n) is 4.53. The molecule has 0 saturated carbocycles. The number of aliphatic hydroxyl groups is 1. The summed E-state index contributed by atoms with van der Waals surface area (Å²) in [4.78, 5) is 12.3. The number of rotatable bonds is 7. The first kappa shape index (κ1) is 14.4. The van der Waals surface area contributed by atoms with Crippen LogP contribution in [0.15, 0.2) is 0 Å². The van der Waals surface area contributed by atoms with Gasteiger partial charge in [0.05, 0.1) is 12.2 Å². The van der Waals surface area contributed by atoms with E-state index in [9.17, 15) is 5.11 Å². The van der Waals surface area contributed by atoms with Gasteiger partial charge in [-0.1, -0.05) is 6.92 Å². The number of hydrogen-bond donors (Lipinski definition) is 3. The molecule has 0 bridgehead atoms. The van der Waals surface area contributed by atoms with Gasteiger partial charge >= 0.3 is 6.01 Å². The van der Waals surface area contributed by atoms with Gasteiger partial charge in [0.15, 0.2) is 0 Å². The van der Waals surface area contributed by atoms with Crippen LogP contribution in [-0.2, 0) is 0 Å². The minimum Gasteiger partial charge on any atom is -0.463 e. The number of aromatic nitrogens is 3. The van der Waals surface area contributed by atoms with Crippen molar-refractivity contribution in [3.63, 3.8) is 0 Å². The third kappa shape index (κ3) is 5.13. The van der Waals surface area contributed by atoms with E-state index >= 15 is 0 Å². The monoisotopic (exact) mass is 255 g/mol. The van der Waals surface area contributed by atoms with Crippen LogP contribution >= 0.6 is 0 Å². The Hall–Kier alpha value is -1.63. The quantitative estimate of drug-likeness (QED) is 0.666. The summed E-state index contributed by atoms with van der Waals surface area (Å²) in [6, 6.07) is 0.273. The molecule has 0 aliphatic heterocycles. The Kier molecular flexibility index (Phi) is 5.08. The van der Waals surface area contributed by atoms with Crippen molar-refractivity contribution in [1.29, 1.82) is 0 Å². The van der Waals surface area contributed by atoms with Crippen LogP contribution < -0.4 is 15.4 Å². The summed E-state index contributed by atoms with van der Waals surface area (Å²) in [6.45, 7) is 6.31. The number of hydrogen-bond acceptors (Lipinski definition) is 7. The van der Waals surface area contributed by atoms with Gasteiger partial charge in [-0.25, -0.2) is 0 Å². The van der Waals surface area contributed by atoms with Crippen molar-refractivity contribution < 1.29 is 9.84 Å². The first-order valence-electron chi connectivity index (χ1n) is 5.97. The Morgan fingerprint density at radius 3 is 2.44 bits per heavy atom. The molecule has 0 aromatic carbocycles. The maximum absolute atomic E-state index is 9.64. The van der Waals surface area contributed by atoms with Gasteiger partial charge in [-0.2, -0.15) is 15.0 Å². The van der Waals surface area contributed by atoms with E-state index in [1.807, 2.05) is 6.92 Å². The largest absolute Gasteiger partial charge is 0.463 e. The van der Waals surface area contributed by atoms with Gasteiger partial charge in [0, 0.05) is 13.6 Å². The van der Waals surface area contributed by atoms with Gasteiger partial charge < -0.3 is 20.5 Å². The van der Waals surface area contributed by atoms with Crippen molar-refractivity contribution in [3.8, 4) is 6.01 Å². The maximum Gasteiger partial charge on any atom is 0.323 e. The third-order valence-electron chi connectivity index (χ3n) is 1.95. The molecule has 18 heavy (non-hydrogen) atoms. The predicted molar refractivity (Wildman–Crippen MR) is 69.9 cm³/mol. The second-order valence-corrected chi connectivity index (χ2v) is 4.53. The number of nitrogens with zero attached hydrogens (tertiary/aromatic N) is 3. The molecule has 0 aliphatic carbocycles. The molecular formula is C11H21N5O2. The molecule has 1 aromatic heterocycles. The standard InChI is InChI=1S/C11H21N5O2/c1-5-6-18-10-15-8(12-4)14-9(16-10)13-7-11(2,3)17/h17H,5-7H2,1-4H3,(H2,12,13,14,15,16). The summed E-state index contributed by atoms with van der Waals surface area (Å²) in [5, 5.41) is 15.4. The zero-order valence-electron chi connectivity index (χ0n) is 11.3. The molecule has 0 saturated heterocycles. The third-order valence-corrected chi connectivity index (χ3v) is 1.95. The summed E-state index contributed by atoms with van der Waals surface area (Å²) >= 11 is 0. The van der Waals surface area contributed by atoms with Crippen molar-refractivity contribution in [2.75, 3.05) is 30.8 Å². The molecule has 0 spiro atoms. The summed E-state index contributed by atoms with van der Waals surface area (Å²) in [5.41, 5.74) is -0.836. The molecule has 0 atom stereocenters. The van der Waals surface area contributed by atoms with Gasteiger partial charge in [0.25, 0.3) is 0 Å².